The number of hydrogen-bond acceptors (Lipinski definition) is 9. The Balaban J connectivity index is 1.90. The maximum atomic E-state index is 13.3. The highest BCUT2D eigenvalue weighted by Gasteiger charge is 2.71. The van der Waals surface area contributed by atoms with Crippen molar-refractivity contribution in [2.75, 3.05) is 7.11 Å². The molecule has 0 spiro atoms. The fraction of sp³-hybridized carbons (Fsp3) is 0.704. The van der Waals surface area contributed by atoms with Crippen molar-refractivity contribution in [3.63, 3.8) is 0 Å². The van der Waals surface area contributed by atoms with Gasteiger partial charge in [-0.3, -0.25) is 9.59 Å². The van der Waals surface area contributed by atoms with E-state index in [-0.39, 0.29) is 24.0 Å². The number of methoxy groups -OCH3 is 1. The summed E-state index contributed by atoms with van der Waals surface area (Å²) in [4.78, 5) is 52.1. The van der Waals surface area contributed by atoms with Gasteiger partial charge in [0.15, 0.2) is 5.78 Å². The molecule has 0 aromatic heterocycles. The van der Waals surface area contributed by atoms with E-state index in [0.29, 0.717) is 18.4 Å². The first-order valence-electron chi connectivity index (χ1n) is 13.0. The third kappa shape index (κ3) is 3.87. The second-order valence-electron chi connectivity index (χ2n) is 10.6. The van der Waals surface area contributed by atoms with Crippen LogP contribution in [-0.2, 0) is 33.4 Å². The van der Waals surface area contributed by atoms with E-state index in [2.05, 4.69) is 6.92 Å². The van der Waals surface area contributed by atoms with Crippen molar-refractivity contribution in [2.24, 2.45) is 23.2 Å². The standard InChI is InChI=1S/C27H36O9/c1-5-7-8-9-11-14-15(21(29)22(30)17(28)10-6-2)12-18-26(3)13-16-19(24(32)35-23(16)31)20(14)27(18,34-4)36-25(26)33/h12,14-15,17,20-21,28-29H,5-11,13H2,1-4H3. The molecule has 7 unspecified atom stereocenters. The van der Waals surface area contributed by atoms with Gasteiger partial charge >= 0.3 is 17.9 Å². The number of cyclic esters (lactones) is 2. The minimum atomic E-state index is -1.65. The summed E-state index contributed by atoms with van der Waals surface area (Å²) in [7, 11) is 1.38. The number of aliphatic hydroxyl groups excluding tert-OH is 2. The average molecular weight is 505 g/mol. The molecule has 4 rings (SSSR count). The highest BCUT2D eigenvalue weighted by molar-refractivity contribution is 6.14. The van der Waals surface area contributed by atoms with Crippen molar-refractivity contribution in [2.45, 2.75) is 90.1 Å². The summed E-state index contributed by atoms with van der Waals surface area (Å²) in [6.07, 6.45) is 3.52. The molecular weight excluding hydrogens is 468 g/mol. The summed E-state index contributed by atoms with van der Waals surface area (Å²) in [6.45, 7) is 5.53. The van der Waals surface area contributed by atoms with Crippen molar-refractivity contribution in [1.82, 2.24) is 0 Å². The zero-order valence-electron chi connectivity index (χ0n) is 21.4. The van der Waals surface area contributed by atoms with Crippen LogP contribution in [0.5, 0.6) is 0 Å². The number of fused-ring (bicyclic) bond motifs is 1. The van der Waals surface area contributed by atoms with Crippen molar-refractivity contribution in [1.29, 1.82) is 0 Å². The van der Waals surface area contributed by atoms with Gasteiger partial charge in [-0.2, -0.15) is 0 Å². The van der Waals surface area contributed by atoms with Crippen LogP contribution < -0.4 is 0 Å². The van der Waals surface area contributed by atoms with Gasteiger partial charge in [-0.05, 0) is 32.1 Å². The molecule has 2 heterocycles. The van der Waals surface area contributed by atoms with E-state index >= 15 is 0 Å². The quantitative estimate of drug-likeness (QED) is 0.188. The van der Waals surface area contributed by atoms with E-state index < -0.39 is 64.9 Å². The lowest BCUT2D eigenvalue weighted by molar-refractivity contribution is -0.219. The smallest absolute Gasteiger partial charge is 0.343 e. The first kappa shape index (κ1) is 26.7. The van der Waals surface area contributed by atoms with Gasteiger partial charge in [-0.1, -0.05) is 52.0 Å². The predicted octanol–water partition coefficient (Wildman–Crippen LogP) is 2.53. The molecule has 4 aliphatic rings. The van der Waals surface area contributed by atoms with Gasteiger partial charge in [0.1, 0.15) is 12.2 Å². The van der Waals surface area contributed by atoms with Gasteiger partial charge < -0.3 is 24.4 Å². The fourth-order valence-electron chi connectivity index (χ4n) is 6.56. The Bertz CT molecular complexity index is 1030. The van der Waals surface area contributed by atoms with E-state index in [9.17, 15) is 29.4 Å². The largest absolute Gasteiger partial charge is 0.428 e. The summed E-state index contributed by atoms with van der Waals surface area (Å²) in [5, 5.41) is 21.7. The lowest BCUT2D eigenvalue weighted by Crippen LogP contribution is -2.54. The molecule has 0 amide bonds. The van der Waals surface area contributed by atoms with Crippen LogP contribution in [0.3, 0.4) is 0 Å². The Morgan fingerprint density at radius 1 is 1.14 bits per heavy atom. The van der Waals surface area contributed by atoms with Gasteiger partial charge in [0, 0.05) is 18.6 Å². The molecule has 36 heavy (non-hydrogen) atoms. The van der Waals surface area contributed by atoms with Crippen LogP contribution in [0, 0.1) is 23.2 Å². The molecule has 7 atom stereocenters. The number of Topliss-reactive ketones (excluding diaryl/α,β-unsaturated/α-hetero) is 1. The molecule has 0 aromatic rings. The van der Waals surface area contributed by atoms with E-state index in [0.717, 1.165) is 25.7 Å². The number of ether oxygens (including phenoxy) is 3. The first-order chi connectivity index (χ1) is 17.1. The number of unbranched alkanes of at least 4 members (excludes halogenated alkanes) is 3. The summed E-state index contributed by atoms with van der Waals surface area (Å²) in [5.41, 5.74) is -0.720. The third-order valence-electron chi connectivity index (χ3n) is 8.41. The Morgan fingerprint density at radius 3 is 2.50 bits per heavy atom. The number of aliphatic hydroxyl groups is 2. The highest BCUT2D eigenvalue weighted by atomic mass is 16.7. The van der Waals surface area contributed by atoms with Crippen molar-refractivity contribution < 1.29 is 43.6 Å². The second kappa shape index (κ2) is 9.84. The zero-order valence-corrected chi connectivity index (χ0v) is 21.4. The van der Waals surface area contributed by atoms with Crippen LogP contribution in [0.2, 0.25) is 0 Å². The molecule has 0 aromatic carbocycles. The molecule has 1 saturated heterocycles. The van der Waals surface area contributed by atoms with E-state index in [1.165, 1.54) is 7.11 Å². The summed E-state index contributed by atoms with van der Waals surface area (Å²) in [5.74, 6) is -6.90. The summed E-state index contributed by atoms with van der Waals surface area (Å²) >= 11 is 0. The van der Waals surface area contributed by atoms with Crippen LogP contribution in [0.4, 0.5) is 0 Å². The van der Waals surface area contributed by atoms with Crippen LogP contribution in [0.25, 0.3) is 0 Å². The van der Waals surface area contributed by atoms with Crippen LogP contribution in [0.15, 0.2) is 22.8 Å². The molecule has 198 valence electrons. The molecule has 4 bridgehead atoms. The number of carbonyl (C=O) groups excluding carboxylic acids is 4. The average Bonchev–Trinajstić information content (AvgIpc) is 3.21. The number of rotatable bonds is 11. The van der Waals surface area contributed by atoms with Gasteiger partial charge in [0.2, 0.25) is 5.79 Å². The number of ketones is 1. The Kier molecular flexibility index (Phi) is 7.29. The number of esters is 3. The Morgan fingerprint density at radius 2 is 1.86 bits per heavy atom. The molecule has 2 aliphatic carbocycles. The highest BCUT2D eigenvalue weighted by Crippen LogP contribution is 2.64. The normalized spacial score (nSPS) is 34.6. The molecule has 9 heteroatoms. The lowest BCUT2D eigenvalue weighted by atomic mass is 9.61. The first-order valence-corrected chi connectivity index (χ1v) is 13.0. The van der Waals surface area contributed by atoms with Crippen LogP contribution in [0.1, 0.15) is 72.1 Å². The summed E-state index contributed by atoms with van der Waals surface area (Å²) < 4.78 is 16.8. The molecular formula is C27H36O9. The number of carbonyl (C=O) groups is 4. The van der Waals surface area contributed by atoms with Crippen molar-refractivity contribution >= 4 is 23.7 Å². The third-order valence-corrected chi connectivity index (χ3v) is 8.41. The van der Waals surface area contributed by atoms with Crippen molar-refractivity contribution in [3.8, 4) is 0 Å². The maximum Gasteiger partial charge on any atom is 0.343 e. The van der Waals surface area contributed by atoms with Crippen LogP contribution >= 0.6 is 0 Å². The summed E-state index contributed by atoms with van der Waals surface area (Å²) in [6, 6.07) is 0. The molecule has 9 nitrogen and oxygen atoms in total. The van der Waals surface area contributed by atoms with E-state index in [1.54, 1.807) is 13.0 Å². The second-order valence-corrected chi connectivity index (χ2v) is 10.6. The molecule has 2 N–H and O–H groups in total. The topological polar surface area (TPSA) is 136 Å². The van der Waals surface area contributed by atoms with Crippen LogP contribution in [-0.4, -0.2) is 59.0 Å². The SMILES string of the molecule is CCCCCCC1C(C(O)C(=O)C(O)CCC)C=C2C3(C)CC4=C(C(=O)OC4=O)C1C2(OC)OC3=O. The predicted molar refractivity (Wildman–Crippen MR) is 126 cm³/mol. The lowest BCUT2D eigenvalue weighted by Gasteiger charge is -2.47. The monoisotopic (exact) mass is 504 g/mol. The molecule has 1 fully saturated rings. The van der Waals surface area contributed by atoms with E-state index in [4.69, 9.17) is 14.2 Å². The minimum Gasteiger partial charge on any atom is -0.428 e. The fourth-order valence-corrected chi connectivity index (χ4v) is 6.56. The van der Waals surface area contributed by atoms with Crippen molar-refractivity contribution in [3.05, 3.63) is 22.8 Å². The number of hydrogen-bond donors (Lipinski definition) is 2. The van der Waals surface area contributed by atoms with Gasteiger partial charge in [0.25, 0.3) is 0 Å². The zero-order chi connectivity index (χ0) is 26.4. The minimum absolute atomic E-state index is 0.0999. The van der Waals surface area contributed by atoms with Gasteiger partial charge in [-0.15, -0.1) is 0 Å². The Labute approximate surface area is 210 Å². The molecule has 0 radical (unpaired) electrons. The molecule has 0 saturated carbocycles. The maximum absolute atomic E-state index is 13.3. The molecule has 2 aliphatic heterocycles. The van der Waals surface area contributed by atoms with Gasteiger partial charge in [-0.25, -0.2) is 9.59 Å². The Hall–Kier alpha value is -2.36. The van der Waals surface area contributed by atoms with Gasteiger partial charge in [0.05, 0.1) is 22.5 Å². The van der Waals surface area contributed by atoms with E-state index in [1.807, 2.05) is 6.92 Å².